The van der Waals surface area contributed by atoms with Gasteiger partial charge in [0.05, 0.1) is 6.54 Å². The van der Waals surface area contributed by atoms with E-state index in [9.17, 15) is 4.39 Å². The molecule has 1 aromatic carbocycles. The van der Waals surface area contributed by atoms with E-state index in [2.05, 4.69) is 34.4 Å². The zero-order valence-corrected chi connectivity index (χ0v) is 16.3. The summed E-state index contributed by atoms with van der Waals surface area (Å²) >= 11 is 0. The van der Waals surface area contributed by atoms with Crippen molar-refractivity contribution in [2.75, 3.05) is 39.3 Å². The smallest absolute Gasteiger partial charge is 0.191 e. The normalized spacial score (nSPS) is 19.8. The molecule has 5 nitrogen and oxygen atoms in total. The summed E-state index contributed by atoms with van der Waals surface area (Å²) in [7, 11) is 0. The highest BCUT2D eigenvalue weighted by Gasteiger charge is 2.18. The van der Waals surface area contributed by atoms with Crippen LogP contribution in [0.4, 0.5) is 4.39 Å². The van der Waals surface area contributed by atoms with Crippen LogP contribution in [-0.2, 0) is 0 Å². The van der Waals surface area contributed by atoms with Crippen molar-refractivity contribution in [1.82, 2.24) is 15.5 Å². The molecule has 2 atom stereocenters. The maximum Gasteiger partial charge on any atom is 0.191 e. The van der Waals surface area contributed by atoms with Crippen LogP contribution in [0.1, 0.15) is 33.6 Å². The summed E-state index contributed by atoms with van der Waals surface area (Å²) in [4.78, 5) is 7.10. The van der Waals surface area contributed by atoms with E-state index in [0.29, 0.717) is 12.5 Å². The second-order valence-electron chi connectivity index (χ2n) is 6.86. The number of piperidine rings is 1. The number of hydrogen-bond donors (Lipinski definition) is 2. The van der Waals surface area contributed by atoms with Crippen molar-refractivity contribution in [1.29, 1.82) is 0 Å². The van der Waals surface area contributed by atoms with Crippen LogP contribution in [0.5, 0.6) is 5.75 Å². The van der Waals surface area contributed by atoms with Gasteiger partial charge in [-0.2, -0.15) is 0 Å². The van der Waals surface area contributed by atoms with Crippen molar-refractivity contribution in [3.63, 3.8) is 0 Å². The summed E-state index contributed by atoms with van der Waals surface area (Å²) in [5.41, 5.74) is 0. The van der Waals surface area contributed by atoms with Crippen molar-refractivity contribution in [3.8, 4) is 5.75 Å². The highest BCUT2D eigenvalue weighted by Crippen LogP contribution is 2.17. The first-order valence-corrected chi connectivity index (χ1v) is 9.78. The SMILES string of the molecule is CCNC(=NCC(C)Oc1ccccc1F)NCC1CCCN(CC)C1. The average molecular weight is 365 g/mol. The number of hydrogen-bond acceptors (Lipinski definition) is 3. The van der Waals surface area contributed by atoms with Crippen molar-refractivity contribution >= 4 is 5.96 Å². The van der Waals surface area contributed by atoms with Crippen LogP contribution in [0.15, 0.2) is 29.3 Å². The van der Waals surface area contributed by atoms with Gasteiger partial charge in [0.25, 0.3) is 0 Å². The minimum atomic E-state index is -0.342. The molecule has 0 aliphatic carbocycles. The molecule has 2 N–H and O–H groups in total. The molecule has 1 heterocycles. The fraction of sp³-hybridized carbons (Fsp3) is 0.650. The molecule has 1 aliphatic rings. The molecular formula is C20H33FN4O. The highest BCUT2D eigenvalue weighted by atomic mass is 19.1. The summed E-state index contributed by atoms with van der Waals surface area (Å²) < 4.78 is 19.3. The first kappa shape index (κ1) is 20.5. The molecule has 1 saturated heterocycles. The van der Waals surface area contributed by atoms with Gasteiger partial charge in [-0.15, -0.1) is 0 Å². The summed E-state index contributed by atoms with van der Waals surface area (Å²) in [5, 5.41) is 6.72. The van der Waals surface area contributed by atoms with E-state index >= 15 is 0 Å². The molecule has 0 aromatic heterocycles. The molecule has 2 unspecified atom stereocenters. The maximum absolute atomic E-state index is 13.7. The second-order valence-corrected chi connectivity index (χ2v) is 6.86. The molecule has 0 spiro atoms. The van der Waals surface area contributed by atoms with Gasteiger partial charge in [-0.25, -0.2) is 9.38 Å². The third kappa shape index (κ3) is 6.83. The fourth-order valence-electron chi connectivity index (χ4n) is 3.20. The zero-order chi connectivity index (χ0) is 18.8. The van der Waals surface area contributed by atoms with Gasteiger partial charge in [0.1, 0.15) is 6.10 Å². The Kier molecular flexibility index (Phi) is 8.68. The Balaban J connectivity index is 1.82. The lowest BCUT2D eigenvalue weighted by Gasteiger charge is -2.32. The predicted octanol–water partition coefficient (Wildman–Crippen LogP) is 2.88. The Morgan fingerprint density at radius 2 is 2.15 bits per heavy atom. The highest BCUT2D eigenvalue weighted by molar-refractivity contribution is 5.79. The van der Waals surface area contributed by atoms with Gasteiger partial charge >= 0.3 is 0 Å². The number of aliphatic imine (C=N–C) groups is 1. The summed E-state index contributed by atoms with van der Waals surface area (Å²) in [6.45, 7) is 11.9. The number of nitrogens with one attached hydrogen (secondary N) is 2. The van der Waals surface area contributed by atoms with Gasteiger partial charge in [-0.3, -0.25) is 0 Å². The van der Waals surface area contributed by atoms with Crippen molar-refractivity contribution in [2.24, 2.45) is 10.9 Å². The first-order chi connectivity index (χ1) is 12.6. The maximum atomic E-state index is 13.7. The van der Waals surface area contributed by atoms with E-state index in [-0.39, 0.29) is 17.7 Å². The Labute approximate surface area is 157 Å². The van der Waals surface area contributed by atoms with Crippen molar-refractivity contribution in [2.45, 2.75) is 39.7 Å². The number of likely N-dealkylation sites (tertiary alicyclic amines) is 1. The topological polar surface area (TPSA) is 48.9 Å². The van der Waals surface area contributed by atoms with Crippen LogP contribution in [-0.4, -0.2) is 56.2 Å². The van der Waals surface area contributed by atoms with Crippen LogP contribution >= 0.6 is 0 Å². The third-order valence-corrected chi connectivity index (χ3v) is 4.62. The number of benzene rings is 1. The molecular weight excluding hydrogens is 331 g/mol. The predicted molar refractivity (Wildman–Crippen MR) is 105 cm³/mol. The van der Waals surface area contributed by atoms with E-state index < -0.39 is 0 Å². The van der Waals surface area contributed by atoms with Crippen LogP contribution < -0.4 is 15.4 Å². The number of para-hydroxylation sites is 1. The minimum Gasteiger partial charge on any atom is -0.486 e. The molecule has 1 aliphatic heterocycles. The lowest BCUT2D eigenvalue weighted by Crippen LogP contribution is -2.44. The van der Waals surface area contributed by atoms with E-state index in [4.69, 9.17) is 4.74 Å². The zero-order valence-electron chi connectivity index (χ0n) is 16.3. The van der Waals surface area contributed by atoms with Gasteiger partial charge in [-0.1, -0.05) is 19.1 Å². The van der Waals surface area contributed by atoms with Crippen LogP contribution in [0.3, 0.4) is 0 Å². The first-order valence-electron chi connectivity index (χ1n) is 9.78. The van der Waals surface area contributed by atoms with Gasteiger partial charge in [0, 0.05) is 19.6 Å². The number of ether oxygens (including phenoxy) is 1. The van der Waals surface area contributed by atoms with Crippen LogP contribution in [0.25, 0.3) is 0 Å². The second kappa shape index (κ2) is 11.0. The average Bonchev–Trinajstić information content (AvgIpc) is 2.66. The summed E-state index contributed by atoms with van der Waals surface area (Å²) in [5.74, 6) is 1.38. The molecule has 1 fully saturated rings. The number of guanidine groups is 1. The Hall–Kier alpha value is -1.82. The quantitative estimate of drug-likeness (QED) is 0.550. The molecule has 0 amide bonds. The number of nitrogens with zero attached hydrogens (tertiary/aromatic N) is 2. The standard InChI is InChI=1S/C20H33FN4O/c1-4-22-20(24-14-17-9-8-12-25(5-2)15-17)23-13-16(3)26-19-11-7-6-10-18(19)21/h6-7,10-11,16-17H,4-5,8-9,12-15H2,1-3H3,(H2,22,23,24). The molecule has 6 heteroatoms. The van der Waals surface area contributed by atoms with Crippen LogP contribution in [0.2, 0.25) is 0 Å². The Morgan fingerprint density at radius 1 is 1.35 bits per heavy atom. The fourth-order valence-corrected chi connectivity index (χ4v) is 3.20. The lowest BCUT2D eigenvalue weighted by molar-refractivity contribution is 0.183. The van der Waals surface area contributed by atoms with E-state index in [1.165, 1.54) is 25.5 Å². The van der Waals surface area contributed by atoms with Gasteiger partial charge in [0.2, 0.25) is 0 Å². The monoisotopic (exact) mass is 364 g/mol. The van der Waals surface area contributed by atoms with Gasteiger partial charge in [0.15, 0.2) is 17.5 Å². The largest absolute Gasteiger partial charge is 0.486 e. The molecule has 0 saturated carbocycles. The molecule has 0 bridgehead atoms. The number of halogens is 1. The molecule has 26 heavy (non-hydrogen) atoms. The Bertz CT molecular complexity index is 566. The van der Waals surface area contributed by atoms with Crippen molar-refractivity contribution in [3.05, 3.63) is 30.1 Å². The van der Waals surface area contributed by atoms with Crippen LogP contribution in [0, 0.1) is 11.7 Å². The van der Waals surface area contributed by atoms with E-state index in [1.54, 1.807) is 18.2 Å². The van der Waals surface area contributed by atoms with Gasteiger partial charge in [-0.05, 0) is 57.8 Å². The van der Waals surface area contributed by atoms with Crippen molar-refractivity contribution < 1.29 is 9.13 Å². The van der Waals surface area contributed by atoms with E-state index in [1.807, 2.05) is 6.92 Å². The lowest BCUT2D eigenvalue weighted by atomic mass is 9.98. The molecule has 146 valence electrons. The third-order valence-electron chi connectivity index (χ3n) is 4.62. The Morgan fingerprint density at radius 3 is 2.88 bits per heavy atom. The number of rotatable bonds is 8. The van der Waals surface area contributed by atoms with E-state index in [0.717, 1.165) is 32.1 Å². The minimum absolute atomic E-state index is 0.201. The molecule has 0 radical (unpaired) electrons. The van der Waals surface area contributed by atoms with Gasteiger partial charge < -0.3 is 20.3 Å². The molecule has 1 aromatic rings. The molecule has 2 rings (SSSR count). The summed E-state index contributed by atoms with van der Waals surface area (Å²) in [6, 6.07) is 6.47. The summed E-state index contributed by atoms with van der Waals surface area (Å²) in [6.07, 6.45) is 2.32.